The number of anilines is 2. The van der Waals surface area contributed by atoms with Gasteiger partial charge in [0.05, 0.1) is 26.1 Å². The highest BCUT2D eigenvalue weighted by molar-refractivity contribution is 5.88. The maximum atomic E-state index is 9.71. The van der Waals surface area contributed by atoms with Crippen LogP contribution in [0.5, 0.6) is 23.0 Å². The van der Waals surface area contributed by atoms with Gasteiger partial charge in [0.2, 0.25) is 0 Å². The van der Waals surface area contributed by atoms with E-state index in [1.165, 1.54) is 12.1 Å². The number of imidazole rings is 1. The van der Waals surface area contributed by atoms with Gasteiger partial charge in [-0.1, -0.05) is 0 Å². The number of ether oxygens (including phenoxy) is 2. The minimum atomic E-state index is -0.210. The fourth-order valence-corrected chi connectivity index (χ4v) is 3.47. The SMILES string of the molecule is COc1cc2cc(-c3cnc4ccc(Nc5ccc(O)c(O)c5)nn34)[nH]c2cc1OC. The molecule has 0 fully saturated rings. The van der Waals surface area contributed by atoms with Gasteiger partial charge >= 0.3 is 0 Å². The Labute approximate surface area is 176 Å². The van der Waals surface area contributed by atoms with E-state index in [4.69, 9.17) is 9.47 Å². The Morgan fingerprint density at radius 2 is 1.74 bits per heavy atom. The summed E-state index contributed by atoms with van der Waals surface area (Å²) in [4.78, 5) is 7.82. The maximum absolute atomic E-state index is 9.71. The van der Waals surface area contributed by atoms with Gasteiger partial charge in [0.15, 0.2) is 34.5 Å². The molecule has 156 valence electrons. The predicted molar refractivity (Wildman–Crippen MR) is 116 cm³/mol. The molecule has 0 radical (unpaired) electrons. The van der Waals surface area contributed by atoms with E-state index >= 15 is 0 Å². The van der Waals surface area contributed by atoms with E-state index in [1.807, 2.05) is 24.3 Å². The second kappa shape index (κ2) is 7.13. The molecule has 0 saturated heterocycles. The summed E-state index contributed by atoms with van der Waals surface area (Å²) in [6.45, 7) is 0. The van der Waals surface area contributed by atoms with Gasteiger partial charge in [0.1, 0.15) is 5.69 Å². The number of fused-ring (bicyclic) bond motifs is 2. The van der Waals surface area contributed by atoms with Gasteiger partial charge < -0.3 is 30.0 Å². The van der Waals surface area contributed by atoms with Gasteiger partial charge in [-0.05, 0) is 36.4 Å². The average molecular weight is 417 g/mol. The number of methoxy groups -OCH3 is 2. The molecule has 5 rings (SSSR count). The molecule has 0 bridgehead atoms. The van der Waals surface area contributed by atoms with Crippen molar-refractivity contribution in [1.29, 1.82) is 0 Å². The number of aromatic hydroxyl groups is 2. The number of aromatic nitrogens is 4. The molecule has 0 unspecified atom stereocenters. The zero-order valence-corrected chi connectivity index (χ0v) is 16.7. The normalized spacial score (nSPS) is 11.2. The van der Waals surface area contributed by atoms with Gasteiger partial charge in [-0.15, -0.1) is 5.10 Å². The fraction of sp³-hybridized carbons (Fsp3) is 0.0909. The monoisotopic (exact) mass is 417 g/mol. The zero-order valence-electron chi connectivity index (χ0n) is 16.7. The number of benzene rings is 2. The topological polar surface area (TPSA) is 117 Å². The molecular weight excluding hydrogens is 398 g/mol. The average Bonchev–Trinajstić information content (AvgIpc) is 3.38. The maximum Gasteiger partial charge on any atom is 0.162 e. The van der Waals surface area contributed by atoms with Gasteiger partial charge in [0.25, 0.3) is 0 Å². The smallest absolute Gasteiger partial charge is 0.162 e. The first-order valence-corrected chi connectivity index (χ1v) is 9.44. The third-order valence-corrected chi connectivity index (χ3v) is 5.01. The van der Waals surface area contributed by atoms with Crippen LogP contribution < -0.4 is 14.8 Å². The summed E-state index contributed by atoms with van der Waals surface area (Å²) in [5, 5.41) is 27.9. The third-order valence-electron chi connectivity index (χ3n) is 5.01. The van der Waals surface area contributed by atoms with Crippen LogP contribution in [0.1, 0.15) is 0 Å². The van der Waals surface area contributed by atoms with E-state index in [-0.39, 0.29) is 11.5 Å². The van der Waals surface area contributed by atoms with Crippen LogP contribution in [0.15, 0.2) is 54.7 Å². The Bertz CT molecular complexity index is 1380. The molecule has 0 aliphatic carbocycles. The van der Waals surface area contributed by atoms with Gasteiger partial charge in [-0.2, -0.15) is 0 Å². The molecule has 0 aliphatic rings. The van der Waals surface area contributed by atoms with Gasteiger partial charge in [-0.25, -0.2) is 9.50 Å². The molecule has 0 amide bonds. The summed E-state index contributed by atoms with van der Waals surface area (Å²) in [5.74, 6) is 1.45. The molecule has 5 aromatic rings. The van der Waals surface area contributed by atoms with Crippen LogP contribution in [0.4, 0.5) is 11.5 Å². The summed E-state index contributed by atoms with van der Waals surface area (Å²) >= 11 is 0. The number of aromatic amines is 1. The Kier molecular flexibility index (Phi) is 4.28. The summed E-state index contributed by atoms with van der Waals surface area (Å²) in [6.07, 6.45) is 1.75. The molecule has 4 N–H and O–H groups in total. The lowest BCUT2D eigenvalue weighted by Gasteiger charge is -2.08. The van der Waals surface area contributed by atoms with Crippen molar-refractivity contribution in [3.05, 3.63) is 54.7 Å². The van der Waals surface area contributed by atoms with Crippen LogP contribution >= 0.6 is 0 Å². The predicted octanol–water partition coefficient (Wildman–Crippen LogP) is 4.05. The number of hydrogen-bond acceptors (Lipinski definition) is 7. The molecule has 9 heteroatoms. The molecule has 31 heavy (non-hydrogen) atoms. The second-order valence-electron chi connectivity index (χ2n) is 6.94. The molecular formula is C22H19N5O4. The lowest BCUT2D eigenvalue weighted by Crippen LogP contribution is -2.00. The highest BCUT2D eigenvalue weighted by atomic mass is 16.5. The Morgan fingerprint density at radius 3 is 2.52 bits per heavy atom. The number of rotatable bonds is 5. The number of nitrogens with zero attached hydrogens (tertiary/aromatic N) is 3. The zero-order chi connectivity index (χ0) is 21.5. The van der Waals surface area contributed by atoms with Crippen molar-refractivity contribution in [1.82, 2.24) is 19.6 Å². The number of nitrogens with one attached hydrogen (secondary N) is 2. The van der Waals surface area contributed by atoms with Crippen molar-refractivity contribution >= 4 is 28.1 Å². The lowest BCUT2D eigenvalue weighted by molar-refractivity contribution is 0.356. The van der Waals surface area contributed by atoms with E-state index in [1.54, 1.807) is 37.1 Å². The first-order chi connectivity index (χ1) is 15.1. The Balaban J connectivity index is 1.55. The summed E-state index contributed by atoms with van der Waals surface area (Å²) in [6, 6.07) is 13.9. The summed E-state index contributed by atoms with van der Waals surface area (Å²) in [7, 11) is 3.21. The molecule has 9 nitrogen and oxygen atoms in total. The van der Waals surface area contributed by atoms with Crippen molar-refractivity contribution < 1.29 is 19.7 Å². The highest BCUT2D eigenvalue weighted by Gasteiger charge is 2.14. The molecule has 3 heterocycles. The highest BCUT2D eigenvalue weighted by Crippen LogP contribution is 2.34. The summed E-state index contributed by atoms with van der Waals surface area (Å²) < 4.78 is 12.5. The Morgan fingerprint density at radius 1 is 0.935 bits per heavy atom. The first kappa shape index (κ1) is 18.6. The van der Waals surface area contributed by atoms with E-state index in [0.717, 1.165) is 22.3 Å². The van der Waals surface area contributed by atoms with Gasteiger partial charge in [-0.3, -0.25) is 0 Å². The molecule has 0 atom stereocenters. The van der Waals surface area contributed by atoms with Crippen molar-refractivity contribution in [3.8, 4) is 34.4 Å². The van der Waals surface area contributed by atoms with Crippen molar-refractivity contribution in [2.75, 3.05) is 19.5 Å². The Hall–Kier alpha value is -4.40. The minimum Gasteiger partial charge on any atom is -0.504 e. The molecule has 3 aromatic heterocycles. The van der Waals surface area contributed by atoms with Crippen LogP contribution in [0, 0.1) is 0 Å². The van der Waals surface area contributed by atoms with E-state index in [9.17, 15) is 10.2 Å². The second-order valence-corrected chi connectivity index (χ2v) is 6.94. The largest absolute Gasteiger partial charge is 0.504 e. The lowest BCUT2D eigenvalue weighted by atomic mass is 10.2. The van der Waals surface area contributed by atoms with Crippen LogP contribution in [-0.2, 0) is 0 Å². The first-order valence-electron chi connectivity index (χ1n) is 9.44. The van der Waals surface area contributed by atoms with Crippen LogP contribution in [0.2, 0.25) is 0 Å². The molecule has 2 aromatic carbocycles. The number of phenols is 2. The molecule has 0 spiro atoms. The number of hydrogen-bond donors (Lipinski definition) is 4. The van der Waals surface area contributed by atoms with Crippen molar-refractivity contribution in [2.45, 2.75) is 0 Å². The molecule has 0 saturated carbocycles. The molecule has 0 aliphatic heterocycles. The number of phenolic OH excluding ortho intramolecular Hbond substituents is 2. The fourth-order valence-electron chi connectivity index (χ4n) is 3.47. The van der Waals surface area contributed by atoms with E-state index < -0.39 is 0 Å². The standard InChI is InChI=1S/C22H19N5O4/c1-30-19-8-12-7-15(25-14(12)10-20(19)31-2)16-11-23-22-6-5-21(26-27(16)22)24-13-3-4-17(28)18(29)9-13/h3-11,25,28-29H,1-2H3,(H,24,26). The van der Waals surface area contributed by atoms with Crippen molar-refractivity contribution in [2.24, 2.45) is 0 Å². The van der Waals surface area contributed by atoms with Crippen LogP contribution in [-0.4, -0.2) is 44.0 Å². The number of H-pyrrole nitrogens is 1. The third kappa shape index (κ3) is 3.21. The summed E-state index contributed by atoms with van der Waals surface area (Å²) in [5.41, 5.74) is 3.79. The minimum absolute atomic E-state index is 0.182. The van der Waals surface area contributed by atoms with Crippen LogP contribution in [0.25, 0.3) is 27.9 Å². The quantitative estimate of drug-likeness (QED) is 0.252. The van der Waals surface area contributed by atoms with Gasteiger partial charge in [0, 0.05) is 28.7 Å². The van der Waals surface area contributed by atoms with Crippen LogP contribution in [0.3, 0.4) is 0 Å². The van der Waals surface area contributed by atoms with Crippen molar-refractivity contribution in [3.63, 3.8) is 0 Å². The van der Waals surface area contributed by atoms with E-state index in [0.29, 0.717) is 28.7 Å². The van der Waals surface area contributed by atoms with E-state index in [2.05, 4.69) is 20.4 Å².